The minimum atomic E-state index is 0.686. The summed E-state index contributed by atoms with van der Waals surface area (Å²) in [5.41, 5.74) is 2.23. The third-order valence-electron chi connectivity index (χ3n) is 6.58. The second-order valence-corrected chi connectivity index (χ2v) is 9.13. The monoisotopic (exact) mass is 472 g/mol. The van der Waals surface area contributed by atoms with Crippen LogP contribution in [0.3, 0.4) is 0 Å². The van der Waals surface area contributed by atoms with Crippen molar-refractivity contribution in [2.45, 2.75) is 45.4 Å². The molecule has 0 radical (unpaired) electrons. The predicted molar refractivity (Wildman–Crippen MR) is 141 cm³/mol. The molecule has 34 heavy (non-hydrogen) atoms. The van der Waals surface area contributed by atoms with Crippen molar-refractivity contribution in [1.82, 2.24) is 14.8 Å². The molecule has 1 aliphatic rings. The van der Waals surface area contributed by atoms with Gasteiger partial charge in [0.25, 0.3) is 0 Å². The summed E-state index contributed by atoms with van der Waals surface area (Å²) in [6.07, 6.45) is 6.90. The van der Waals surface area contributed by atoms with Crippen molar-refractivity contribution < 1.29 is 14.2 Å². The molecular weight excluding hydrogens is 428 g/mol. The molecule has 1 N–H and O–H groups in total. The Morgan fingerprint density at radius 3 is 2.53 bits per heavy atom. The number of anilines is 1. The van der Waals surface area contributed by atoms with Crippen molar-refractivity contribution in [2.75, 3.05) is 79.1 Å². The van der Waals surface area contributed by atoms with E-state index in [0.717, 1.165) is 86.7 Å². The molecule has 1 aromatic heterocycles. The average Bonchev–Trinajstić information content (AvgIpc) is 3.38. The van der Waals surface area contributed by atoms with E-state index in [-0.39, 0.29) is 0 Å². The molecule has 0 saturated carbocycles. The molecule has 0 unspecified atom stereocenters. The van der Waals surface area contributed by atoms with E-state index >= 15 is 0 Å². The summed E-state index contributed by atoms with van der Waals surface area (Å²) >= 11 is 0. The Morgan fingerprint density at radius 2 is 1.82 bits per heavy atom. The van der Waals surface area contributed by atoms with Crippen molar-refractivity contribution in [3.05, 3.63) is 23.8 Å². The normalized spacial score (nSPS) is 14.3. The van der Waals surface area contributed by atoms with Gasteiger partial charge in [0.2, 0.25) is 0 Å². The second kappa shape index (κ2) is 14.3. The Hall–Kier alpha value is -2.09. The van der Waals surface area contributed by atoms with Gasteiger partial charge in [-0.15, -0.1) is 0 Å². The molecule has 1 saturated heterocycles. The first-order valence-corrected chi connectivity index (χ1v) is 12.9. The first kappa shape index (κ1) is 26.5. The van der Waals surface area contributed by atoms with Crippen LogP contribution in [0, 0.1) is 0 Å². The molecule has 0 spiro atoms. The zero-order valence-corrected chi connectivity index (χ0v) is 21.7. The van der Waals surface area contributed by atoms with Crippen molar-refractivity contribution in [1.29, 1.82) is 0 Å². The van der Waals surface area contributed by atoms with Gasteiger partial charge >= 0.3 is 0 Å². The van der Waals surface area contributed by atoms with Crippen LogP contribution in [0.25, 0.3) is 10.9 Å². The quantitative estimate of drug-likeness (QED) is 0.363. The maximum Gasteiger partial charge on any atom is 0.163 e. The number of methoxy groups -OCH3 is 2. The van der Waals surface area contributed by atoms with E-state index in [0.29, 0.717) is 6.61 Å². The highest BCUT2D eigenvalue weighted by Crippen LogP contribution is 2.34. The lowest BCUT2D eigenvalue weighted by Gasteiger charge is -2.21. The number of ether oxygens (including phenoxy) is 3. The maximum atomic E-state index is 6.16. The van der Waals surface area contributed by atoms with Crippen LogP contribution < -0.4 is 14.8 Å². The maximum absolute atomic E-state index is 6.16. The van der Waals surface area contributed by atoms with Crippen molar-refractivity contribution in [3.63, 3.8) is 0 Å². The third-order valence-corrected chi connectivity index (χ3v) is 6.58. The fraction of sp³-hybridized carbons (Fsp3) is 0.667. The van der Waals surface area contributed by atoms with Crippen LogP contribution in [0.15, 0.2) is 18.2 Å². The van der Waals surface area contributed by atoms with Crippen molar-refractivity contribution in [3.8, 4) is 11.5 Å². The minimum Gasteiger partial charge on any atom is -0.493 e. The van der Waals surface area contributed by atoms with Gasteiger partial charge in [-0.05, 0) is 82.4 Å². The van der Waals surface area contributed by atoms with Gasteiger partial charge in [-0.1, -0.05) is 6.92 Å². The standard InChI is InChI=1S/C27H44N4O3/c1-5-11-30(16-18-32-3)14-8-10-22-19-27(28-2)29-24-21-26(25(33-4)20-23(22)24)34-17-9-15-31-12-6-7-13-31/h19-21H,5-18H2,1-4H3,(H,28,29). The molecule has 0 amide bonds. The van der Waals surface area contributed by atoms with Gasteiger partial charge in [0.1, 0.15) is 5.82 Å². The van der Waals surface area contributed by atoms with Gasteiger partial charge < -0.3 is 29.3 Å². The van der Waals surface area contributed by atoms with Crippen molar-refractivity contribution >= 4 is 16.7 Å². The molecule has 2 aromatic rings. The van der Waals surface area contributed by atoms with Crippen LogP contribution in [0.2, 0.25) is 0 Å². The van der Waals surface area contributed by atoms with E-state index in [9.17, 15) is 0 Å². The van der Waals surface area contributed by atoms with E-state index in [1.807, 2.05) is 13.1 Å². The Bertz CT molecular complexity index is 871. The Balaban J connectivity index is 1.69. The SMILES string of the molecule is CCCN(CCCc1cc(NC)nc2cc(OCCCN3CCCC3)c(OC)cc12)CCOC. The smallest absolute Gasteiger partial charge is 0.163 e. The van der Waals surface area contributed by atoms with Gasteiger partial charge in [-0.25, -0.2) is 4.98 Å². The molecule has 0 bridgehead atoms. The number of aryl methyl sites for hydroxylation is 1. The summed E-state index contributed by atoms with van der Waals surface area (Å²) in [7, 11) is 5.40. The fourth-order valence-electron chi connectivity index (χ4n) is 4.75. The molecule has 7 nitrogen and oxygen atoms in total. The van der Waals surface area contributed by atoms with Crippen LogP contribution in [-0.2, 0) is 11.2 Å². The molecule has 7 heteroatoms. The molecular formula is C27H44N4O3. The van der Waals surface area contributed by atoms with Crippen LogP contribution in [-0.4, -0.2) is 88.5 Å². The average molecular weight is 473 g/mol. The molecule has 190 valence electrons. The summed E-state index contributed by atoms with van der Waals surface area (Å²) in [5.74, 6) is 2.44. The highest BCUT2D eigenvalue weighted by molar-refractivity contribution is 5.87. The molecule has 0 aliphatic carbocycles. The predicted octanol–water partition coefficient (Wildman–Crippen LogP) is 4.44. The number of pyridine rings is 1. The Kier molecular flexibility index (Phi) is 11.2. The Labute approximate surface area is 205 Å². The number of nitrogens with one attached hydrogen (secondary N) is 1. The zero-order valence-electron chi connectivity index (χ0n) is 21.7. The number of likely N-dealkylation sites (tertiary alicyclic amines) is 1. The fourth-order valence-corrected chi connectivity index (χ4v) is 4.75. The zero-order chi connectivity index (χ0) is 24.2. The highest BCUT2D eigenvalue weighted by atomic mass is 16.5. The second-order valence-electron chi connectivity index (χ2n) is 9.13. The lowest BCUT2D eigenvalue weighted by molar-refractivity contribution is 0.147. The first-order chi connectivity index (χ1) is 16.7. The van der Waals surface area contributed by atoms with E-state index in [2.05, 4.69) is 34.2 Å². The third kappa shape index (κ3) is 7.72. The number of benzene rings is 1. The molecule has 0 atom stereocenters. The number of aromatic nitrogens is 1. The molecule has 1 aliphatic heterocycles. The minimum absolute atomic E-state index is 0.686. The van der Waals surface area contributed by atoms with E-state index in [4.69, 9.17) is 19.2 Å². The van der Waals surface area contributed by atoms with Crippen LogP contribution in [0.1, 0.15) is 44.6 Å². The summed E-state index contributed by atoms with van der Waals surface area (Å²) in [4.78, 5) is 9.82. The van der Waals surface area contributed by atoms with Crippen LogP contribution in [0.4, 0.5) is 5.82 Å². The first-order valence-electron chi connectivity index (χ1n) is 12.9. The van der Waals surface area contributed by atoms with Gasteiger partial charge in [-0.3, -0.25) is 0 Å². The van der Waals surface area contributed by atoms with Gasteiger partial charge in [0, 0.05) is 38.7 Å². The molecule has 1 fully saturated rings. The molecule has 2 heterocycles. The number of rotatable bonds is 16. The largest absolute Gasteiger partial charge is 0.493 e. The van der Waals surface area contributed by atoms with Crippen LogP contribution in [0.5, 0.6) is 11.5 Å². The number of fused-ring (bicyclic) bond motifs is 1. The summed E-state index contributed by atoms with van der Waals surface area (Å²) < 4.78 is 17.2. The number of hydrogen-bond acceptors (Lipinski definition) is 7. The van der Waals surface area contributed by atoms with Crippen LogP contribution >= 0.6 is 0 Å². The van der Waals surface area contributed by atoms with Crippen molar-refractivity contribution in [2.24, 2.45) is 0 Å². The summed E-state index contributed by atoms with van der Waals surface area (Å²) in [6, 6.07) is 6.30. The van der Waals surface area contributed by atoms with Gasteiger partial charge in [-0.2, -0.15) is 0 Å². The molecule has 3 rings (SSSR count). The van der Waals surface area contributed by atoms with E-state index in [1.54, 1.807) is 14.2 Å². The highest BCUT2D eigenvalue weighted by Gasteiger charge is 2.14. The summed E-state index contributed by atoms with van der Waals surface area (Å²) in [6.45, 7) is 10.4. The Morgan fingerprint density at radius 1 is 1.00 bits per heavy atom. The van der Waals surface area contributed by atoms with Gasteiger partial charge in [0.05, 0.1) is 25.8 Å². The lowest BCUT2D eigenvalue weighted by Crippen LogP contribution is -2.29. The van der Waals surface area contributed by atoms with E-state index in [1.165, 1.54) is 31.5 Å². The number of nitrogens with zero attached hydrogens (tertiary/aromatic N) is 3. The summed E-state index contributed by atoms with van der Waals surface area (Å²) in [5, 5.41) is 4.36. The molecule has 1 aromatic carbocycles. The van der Waals surface area contributed by atoms with E-state index < -0.39 is 0 Å². The number of hydrogen-bond donors (Lipinski definition) is 1. The topological polar surface area (TPSA) is 59.1 Å². The van der Waals surface area contributed by atoms with Gasteiger partial charge in [0.15, 0.2) is 11.5 Å². The lowest BCUT2D eigenvalue weighted by atomic mass is 10.0.